The minimum Gasteiger partial charge on any atom is -0.496 e. The van der Waals surface area contributed by atoms with Crippen LogP contribution < -0.4 is 15.4 Å². The Hall–Kier alpha value is -1.07. The van der Waals surface area contributed by atoms with E-state index < -0.39 is 0 Å². The molecule has 1 aromatic rings. The van der Waals surface area contributed by atoms with Crippen LogP contribution in [-0.2, 0) is 4.79 Å². The van der Waals surface area contributed by atoms with Gasteiger partial charge in [-0.15, -0.1) is 0 Å². The summed E-state index contributed by atoms with van der Waals surface area (Å²) in [5.74, 6) is 0.775. The van der Waals surface area contributed by atoms with Crippen LogP contribution in [0.2, 0.25) is 0 Å². The van der Waals surface area contributed by atoms with Crippen molar-refractivity contribution in [2.75, 3.05) is 13.7 Å². The standard InChI is InChI=1S/C14H21BrN2O2/c1-9(2)16-8-14(18)17-10(3)11-5-6-13(19-4)12(15)7-11/h5-7,9-10,16H,8H2,1-4H3,(H,17,18). The summed E-state index contributed by atoms with van der Waals surface area (Å²) in [7, 11) is 1.63. The van der Waals surface area contributed by atoms with Crippen molar-refractivity contribution >= 4 is 21.8 Å². The van der Waals surface area contributed by atoms with Gasteiger partial charge in [0.1, 0.15) is 5.75 Å². The van der Waals surface area contributed by atoms with E-state index in [-0.39, 0.29) is 11.9 Å². The summed E-state index contributed by atoms with van der Waals surface area (Å²) in [4.78, 5) is 11.7. The molecule has 5 heteroatoms. The first-order chi connectivity index (χ1) is 8.93. The highest BCUT2D eigenvalue weighted by atomic mass is 79.9. The molecule has 0 radical (unpaired) electrons. The second-order valence-corrected chi connectivity index (χ2v) is 5.57. The van der Waals surface area contributed by atoms with Gasteiger partial charge < -0.3 is 15.4 Å². The molecule has 1 aromatic carbocycles. The maximum atomic E-state index is 11.7. The van der Waals surface area contributed by atoms with Crippen LogP contribution in [0.5, 0.6) is 5.75 Å². The van der Waals surface area contributed by atoms with E-state index in [1.165, 1.54) is 0 Å². The number of carbonyl (C=O) groups is 1. The molecule has 19 heavy (non-hydrogen) atoms. The van der Waals surface area contributed by atoms with E-state index in [0.29, 0.717) is 12.6 Å². The molecule has 1 rings (SSSR count). The average Bonchev–Trinajstić information content (AvgIpc) is 2.36. The van der Waals surface area contributed by atoms with Crippen LogP contribution in [-0.4, -0.2) is 25.6 Å². The van der Waals surface area contributed by atoms with Gasteiger partial charge in [0, 0.05) is 6.04 Å². The van der Waals surface area contributed by atoms with Gasteiger partial charge in [0.15, 0.2) is 0 Å². The average molecular weight is 329 g/mol. The fourth-order valence-electron chi connectivity index (χ4n) is 1.62. The molecule has 0 spiro atoms. The molecule has 0 saturated heterocycles. The van der Waals surface area contributed by atoms with Crippen LogP contribution in [0.25, 0.3) is 0 Å². The SMILES string of the molecule is COc1ccc(C(C)NC(=O)CNC(C)C)cc1Br. The van der Waals surface area contributed by atoms with E-state index in [1.807, 2.05) is 39.0 Å². The lowest BCUT2D eigenvalue weighted by Crippen LogP contribution is -2.37. The molecular formula is C14H21BrN2O2. The minimum atomic E-state index is -0.0383. The quantitative estimate of drug-likeness (QED) is 0.844. The fourth-order valence-corrected chi connectivity index (χ4v) is 2.18. The van der Waals surface area contributed by atoms with Gasteiger partial charge in [-0.25, -0.2) is 0 Å². The molecule has 106 valence electrons. The van der Waals surface area contributed by atoms with Gasteiger partial charge in [-0.05, 0) is 40.5 Å². The molecule has 0 aromatic heterocycles. The third-order valence-electron chi connectivity index (χ3n) is 2.72. The van der Waals surface area contributed by atoms with E-state index in [1.54, 1.807) is 7.11 Å². The van der Waals surface area contributed by atoms with Gasteiger partial charge in [0.2, 0.25) is 5.91 Å². The van der Waals surface area contributed by atoms with Gasteiger partial charge in [-0.3, -0.25) is 4.79 Å². The Bertz CT molecular complexity index is 435. The summed E-state index contributed by atoms with van der Waals surface area (Å²) in [6.07, 6.45) is 0. The maximum Gasteiger partial charge on any atom is 0.234 e. The summed E-state index contributed by atoms with van der Waals surface area (Å²) in [6, 6.07) is 6.05. The van der Waals surface area contributed by atoms with E-state index >= 15 is 0 Å². The molecule has 4 nitrogen and oxygen atoms in total. The number of hydrogen-bond donors (Lipinski definition) is 2. The highest BCUT2D eigenvalue weighted by Crippen LogP contribution is 2.27. The Kier molecular flexibility index (Phi) is 6.31. The molecule has 1 atom stereocenters. The van der Waals surface area contributed by atoms with Gasteiger partial charge in [0.05, 0.1) is 24.2 Å². The number of methoxy groups -OCH3 is 1. The normalized spacial score (nSPS) is 12.3. The minimum absolute atomic E-state index is 0.00635. The van der Waals surface area contributed by atoms with Crippen LogP contribution in [0, 0.1) is 0 Å². The fraction of sp³-hybridized carbons (Fsp3) is 0.500. The van der Waals surface area contributed by atoms with Crippen LogP contribution in [0.4, 0.5) is 0 Å². The van der Waals surface area contributed by atoms with E-state index in [0.717, 1.165) is 15.8 Å². The first kappa shape index (κ1) is 16.0. The summed E-state index contributed by atoms with van der Waals surface area (Å²) in [6.45, 7) is 6.31. The van der Waals surface area contributed by atoms with E-state index in [2.05, 4.69) is 26.6 Å². The van der Waals surface area contributed by atoms with Crippen molar-refractivity contribution in [2.24, 2.45) is 0 Å². The third-order valence-corrected chi connectivity index (χ3v) is 3.34. The highest BCUT2D eigenvalue weighted by molar-refractivity contribution is 9.10. The Labute approximate surface area is 123 Å². The lowest BCUT2D eigenvalue weighted by molar-refractivity contribution is -0.121. The number of rotatable bonds is 6. The van der Waals surface area contributed by atoms with Crippen molar-refractivity contribution in [1.82, 2.24) is 10.6 Å². The molecule has 0 aliphatic carbocycles. The van der Waals surface area contributed by atoms with Crippen LogP contribution in [0.3, 0.4) is 0 Å². The second-order valence-electron chi connectivity index (χ2n) is 4.72. The van der Waals surface area contributed by atoms with Crippen molar-refractivity contribution in [3.8, 4) is 5.75 Å². The molecule has 0 saturated carbocycles. The number of halogens is 1. The van der Waals surface area contributed by atoms with Crippen LogP contribution in [0.1, 0.15) is 32.4 Å². The zero-order valence-corrected chi connectivity index (χ0v) is 13.4. The molecular weight excluding hydrogens is 308 g/mol. The molecule has 1 unspecified atom stereocenters. The van der Waals surface area contributed by atoms with Gasteiger partial charge in [0.25, 0.3) is 0 Å². The van der Waals surface area contributed by atoms with E-state index in [4.69, 9.17) is 4.74 Å². The summed E-state index contributed by atoms with van der Waals surface area (Å²) >= 11 is 3.44. The lowest BCUT2D eigenvalue weighted by Gasteiger charge is -2.16. The largest absolute Gasteiger partial charge is 0.496 e. The highest BCUT2D eigenvalue weighted by Gasteiger charge is 2.11. The Morgan fingerprint density at radius 2 is 2.05 bits per heavy atom. The van der Waals surface area contributed by atoms with Gasteiger partial charge in [-0.2, -0.15) is 0 Å². The first-order valence-electron chi connectivity index (χ1n) is 6.30. The number of nitrogens with one attached hydrogen (secondary N) is 2. The lowest BCUT2D eigenvalue weighted by atomic mass is 10.1. The topological polar surface area (TPSA) is 50.4 Å². The smallest absolute Gasteiger partial charge is 0.234 e. The zero-order chi connectivity index (χ0) is 14.4. The van der Waals surface area contributed by atoms with Crippen molar-refractivity contribution < 1.29 is 9.53 Å². The maximum absolute atomic E-state index is 11.7. The van der Waals surface area contributed by atoms with E-state index in [9.17, 15) is 4.79 Å². The first-order valence-corrected chi connectivity index (χ1v) is 7.09. The van der Waals surface area contributed by atoms with Gasteiger partial charge in [-0.1, -0.05) is 19.9 Å². The van der Waals surface area contributed by atoms with Crippen molar-refractivity contribution in [3.05, 3.63) is 28.2 Å². The van der Waals surface area contributed by atoms with Crippen molar-refractivity contribution in [1.29, 1.82) is 0 Å². The predicted octanol–water partition coefficient (Wildman–Crippen LogP) is 2.63. The monoisotopic (exact) mass is 328 g/mol. The molecule has 0 fully saturated rings. The molecule has 1 amide bonds. The number of amides is 1. The molecule has 0 heterocycles. The Balaban J connectivity index is 2.60. The molecule has 0 aliphatic rings. The zero-order valence-electron chi connectivity index (χ0n) is 11.8. The van der Waals surface area contributed by atoms with Crippen molar-refractivity contribution in [3.63, 3.8) is 0 Å². The molecule has 0 aliphatic heterocycles. The summed E-state index contributed by atoms with van der Waals surface area (Å²) in [5.41, 5.74) is 1.03. The summed E-state index contributed by atoms with van der Waals surface area (Å²) < 4.78 is 6.06. The predicted molar refractivity (Wildman–Crippen MR) is 80.4 cm³/mol. The van der Waals surface area contributed by atoms with Gasteiger partial charge >= 0.3 is 0 Å². The number of hydrogen-bond acceptors (Lipinski definition) is 3. The Morgan fingerprint density at radius 1 is 1.37 bits per heavy atom. The van der Waals surface area contributed by atoms with Crippen LogP contribution in [0.15, 0.2) is 22.7 Å². The van der Waals surface area contributed by atoms with Crippen molar-refractivity contribution in [2.45, 2.75) is 32.9 Å². The third kappa shape index (κ3) is 5.20. The Morgan fingerprint density at radius 3 is 2.58 bits per heavy atom. The second kappa shape index (κ2) is 7.50. The molecule has 0 bridgehead atoms. The number of ether oxygens (including phenoxy) is 1. The number of carbonyl (C=O) groups excluding carboxylic acids is 1. The molecule has 2 N–H and O–H groups in total. The number of benzene rings is 1. The van der Waals surface area contributed by atoms with Crippen LogP contribution >= 0.6 is 15.9 Å². The summed E-state index contributed by atoms with van der Waals surface area (Å²) in [5, 5.41) is 6.04.